The Morgan fingerprint density at radius 1 is 1.22 bits per heavy atom. The van der Waals surface area contributed by atoms with Crippen LogP contribution in [-0.2, 0) is 0 Å². The molecular weight excluding hydrogens is 226 g/mol. The molecule has 18 heavy (non-hydrogen) atoms. The lowest BCUT2D eigenvalue weighted by Gasteiger charge is -2.28. The highest BCUT2D eigenvalue weighted by molar-refractivity contribution is 5.95. The van der Waals surface area contributed by atoms with Crippen molar-refractivity contribution in [3.8, 4) is 0 Å². The van der Waals surface area contributed by atoms with Gasteiger partial charge in [0.25, 0.3) is 5.91 Å². The van der Waals surface area contributed by atoms with E-state index in [2.05, 4.69) is 15.2 Å². The highest BCUT2D eigenvalue weighted by Crippen LogP contribution is 2.22. The Balaban J connectivity index is 1.72. The molecule has 4 nitrogen and oxygen atoms in total. The number of hydrogen-bond acceptors (Lipinski definition) is 3. The summed E-state index contributed by atoms with van der Waals surface area (Å²) in [4.78, 5) is 18.5. The van der Waals surface area contributed by atoms with E-state index in [1.807, 2.05) is 12.3 Å². The molecule has 0 bridgehead atoms. The predicted octanol–water partition coefficient (Wildman–Crippen LogP) is 1.96. The number of carbonyl (C=O) groups excluding carboxylic acids is 1. The van der Waals surface area contributed by atoms with Gasteiger partial charge in [-0.3, -0.25) is 9.78 Å². The van der Waals surface area contributed by atoms with Crippen molar-refractivity contribution >= 4 is 11.6 Å². The van der Waals surface area contributed by atoms with E-state index in [1.165, 1.54) is 19.3 Å². The standard InChI is InChI=1S/C14H19N3O/c18-14(16-12-4-5-12)11-8-13(10-15-9-11)17-6-2-1-3-7-17/h8-10,12H,1-7H2,(H,16,18). The zero-order valence-corrected chi connectivity index (χ0v) is 10.6. The number of nitrogens with one attached hydrogen (secondary N) is 1. The summed E-state index contributed by atoms with van der Waals surface area (Å²) in [5, 5.41) is 3.00. The van der Waals surface area contributed by atoms with Crippen LogP contribution >= 0.6 is 0 Å². The van der Waals surface area contributed by atoms with Crippen LogP contribution < -0.4 is 10.2 Å². The van der Waals surface area contributed by atoms with Gasteiger partial charge in [-0.15, -0.1) is 0 Å². The van der Waals surface area contributed by atoms with Crippen LogP contribution in [0.2, 0.25) is 0 Å². The van der Waals surface area contributed by atoms with Crippen LogP contribution in [-0.4, -0.2) is 30.0 Å². The Bertz CT molecular complexity index is 436. The van der Waals surface area contributed by atoms with Gasteiger partial charge in [0.05, 0.1) is 17.4 Å². The first-order valence-corrected chi connectivity index (χ1v) is 6.84. The van der Waals surface area contributed by atoms with Crippen LogP contribution in [0.4, 0.5) is 5.69 Å². The zero-order valence-electron chi connectivity index (χ0n) is 10.6. The number of nitrogens with zero attached hydrogens (tertiary/aromatic N) is 2. The minimum absolute atomic E-state index is 0.0175. The van der Waals surface area contributed by atoms with Crippen molar-refractivity contribution in [3.05, 3.63) is 24.0 Å². The SMILES string of the molecule is O=C(NC1CC1)c1cncc(N2CCCCC2)c1. The van der Waals surface area contributed by atoms with Crippen molar-refractivity contribution in [2.45, 2.75) is 38.1 Å². The molecule has 2 heterocycles. The number of pyridine rings is 1. The lowest BCUT2D eigenvalue weighted by atomic mass is 10.1. The van der Waals surface area contributed by atoms with Crippen LogP contribution in [0, 0.1) is 0 Å². The van der Waals surface area contributed by atoms with Crippen molar-refractivity contribution in [2.24, 2.45) is 0 Å². The molecule has 1 saturated carbocycles. The van der Waals surface area contributed by atoms with Gasteiger partial charge in [0.15, 0.2) is 0 Å². The van der Waals surface area contributed by atoms with E-state index in [1.54, 1.807) is 6.20 Å². The summed E-state index contributed by atoms with van der Waals surface area (Å²) in [5.41, 5.74) is 1.77. The van der Waals surface area contributed by atoms with E-state index in [0.29, 0.717) is 11.6 Å². The maximum Gasteiger partial charge on any atom is 0.253 e. The van der Waals surface area contributed by atoms with Gasteiger partial charge in [-0.05, 0) is 38.2 Å². The lowest BCUT2D eigenvalue weighted by Crippen LogP contribution is -2.30. The lowest BCUT2D eigenvalue weighted by molar-refractivity contribution is 0.0950. The third-order valence-corrected chi connectivity index (χ3v) is 3.62. The van der Waals surface area contributed by atoms with Crippen LogP contribution in [0.3, 0.4) is 0 Å². The molecule has 0 aromatic carbocycles. The molecule has 2 aliphatic rings. The largest absolute Gasteiger partial charge is 0.370 e. The van der Waals surface area contributed by atoms with Crippen molar-refractivity contribution in [3.63, 3.8) is 0 Å². The third-order valence-electron chi connectivity index (χ3n) is 3.62. The summed E-state index contributed by atoms with van der Waals surface area (Å²) in [6, 6.07) is 2.37. The first kappa shape index (κ1) is 11.5. The average Bonchev–Trinajstić information content (AvgIpc) is 3.24. The Labute approximate surface area is 107 Å². The average molecular weight is 245 g/mol. The molecule has 0 spiro atoms. The third kappa shape index (κ3) is 2.63. The maximum atomic E-state index is 12.0. The Morgan fingerprint density at radius 3 is 2.72 bits per heavy atom. The molecule has 1 amide bonds. The van der Waals surface area contributed by atoms with Gasteiger partial charge in [-0.1, -0.05) is 0 Å². The molecule has 1 saturated heterocycles. The summed E-state index contributed by atoms with van der Waals surface area (Å²) in [7, 11) is 0. The number of hydrogen-bond donors (Lipinski definition) is 1. The first-order valence-electron chi connectivity index (χ1n) is 6.84. The van der Waals surface area contributed by atoms with Crippen molar-refractivity contribution < 1.29 is 4.79 Å². The molecule has 3 rings (SSSR count). The smallest absolute Gasteiger partial charge is 0.253 e. The van der Waals surface area contributed by atoms with E-state index >= 15 is 0 Å². The zero-order chi connectivity index (χ0) is 12.4. The molecule has 4 heteroatoms. The molecule has 1 N–H and O–H groups in total. The number of anilines is 1. The van der Waals surface area contributed by atoms with E-state index in [4.69, 9.17) is 0 Å². The monoisotopic (exact) mass is 245 g/mol. The molecule has 0 unspecified atom stereocenters. The fourth-order valence-electron chi connectivity index (χ4n) is 2.37. The van der Waals surface area contributed by atoms with E-state index in [9.17, 15) is 4.79 Å². The number of aromatic nitrogens is 1. The van der Waals surface area contributed by atoms with E-state index in [0.717, 1.165) is 31.6 Å². The summed E-state index contributed by atoms with van der Waals surface area (Å²) in [5.74, 6) is 0.0175. The van der Waals surface area contributed by atoms with E-state index in [-0.39, 0.29) is 5.91 Å². The normalized spacial score (nSPS) is 19.7. The van der Waals surface area contributed by atoms with Gasteiger partial charge in [0.2, 0.25) is 0 Å². The van der Waals surface area contributed by atoms with Gasteiger partial charge in [-0.25, -0.2) is 0 Å². The van der Waals surface area contributed by atoms with Gasteiger partial charge < -0.3 is 10.2 Å². The Kier molecular flexibility index (Phi) is 3.17. The minimum atomic E-state index is 0.0175. The van der Waals surface area contributed by atoms with Crippen LogP contribution in [0.5, 0.6) is 0 Å². The van der Waals surface area contributed by atoms with E-state index < -0.39 is 0 Å². The number of rotatable bonds is 3. The second kappa shape index (κ2) is 4.96. The second-order valence-corrected chi connectivity index (χ2v) is 5.23. The molecule has 2 fully saturated rings. The van der Waals surface area contributed by atoms with Crippen molar-refractivity contribution in [1.29, 1.82) is 0 Å². The molecule has 1 aliphatic heterocycles. The minimum Gasteiger partial charge on any atom is -0.370 e. The van der Waals surface area contributed by atoms with Crippen molar-refractivity contribution in [2.75, 3.05) is 18.0 Å². The van der Waals surface area contributed by atoms with Crippen LogP contribution in [0.15, 0.2) is 18.5 Å². The first-order chi connectivity index (χ1) is 8.83. The summed E-state index contributed by atoms with van der Waals surface area (Å²) < 4.78 is 0. The molecule has 0 atom stereocenters. The van der Waals surface area contributed by atoms with Gasteiger partial charge in [0.1, 0.15) is 0 Å². The van der Waals surface area contributed by atoms with Crippen molar-refractivity contribution in [1.82, 2.24) is 10.3 Å². The number of carbonyl (C=O) groups is 1. The molecule has 1 aromatic heterocycles. The molecular formula is C14H19N3O. The number of piperidine rings is 1. The summed E-state index contributed by atoms with van der Waals surface area (Å²) in [6.45, 7) is 2.16. The maximum absolute atomic E-state index is 12.0. The number of amides is 1. The topological polar surface area (TPSA) is 45.2 Å². The molecule has 1 aromatic rings. The molecule has 96 valence electrons. The highest BCUT2D eigenvalue weighted by atomic mass is 16.1. The Hall–Kier alpha value is -1.58. The van der Waals surface area contributed by atoms with Gasteiger partial charge in [0, 0.05) is 25.3 Å². The summed E-state index contributed by atoms with van der Waals surface area (Å²) in [6.07, 6.45) is 9.53. The quantitative estimate of drug-likeness (QED) is 0.885. The Morgan fingerprint density at radius 2 is 2.00 bits per heavy atom. The fourth-order valence-corrected chi connectivity index (χ4v) is 2.37. The second-order valence-electron chi connectivity index (χ2n) is 5.23. The molecule has 1 aliphatic carbocycles. The predicted molar refractivity (Wildman–Crippen MR) is 70.8 cm³/mol. The van der Waals surface area contributed by atoms with Gasteiger partial charge >= 0.3 is 0 Å². The molecule has 0 radical (unpaired) electrons. The summed E-state index contributed by atoms with van der Waals surface area (Å²) >= 11 is 0. The fraction of sp³-hybridized carbons (Fsp3) is 0.571. The van der Waals surface area contributed by atoms with Crippen LogP contribution in [0.25, 0.3) is 0 Å². The highest BCUT2D eigenvalue weighted by Gasteiger charge is 2.24. The van der Waals surface area contributed by atoms with Crippen LogP contribution in [0.1, 0.15) is 42.5 Å². The van der Waals surface area contributed by atoms with Gasteiger partial charge in [-0.2, -0.15) is 0 Å².